The maximum Gasteiger partial charge on any atom is 0.263 e. The highest BCUT2D eigenvalue weighted by molar-refractivity contribution is 6.35. The first-order chi connectivity index (χ1) is 29.0. The zero-order valence-electron chi connectivity index (χ0n) is 34.6. The van der Waals surface area contributed by atoms with Gasteiger partial charge in [-0.1, -0.05) is 24.4 Å². The molecular weight excluding hydrogens is 819 g/mol. The fourth-order valence-corrected chi connectivity index (χ4v) is 10.3. The molecule has 0 bridgehead atoms. The lowest BCUT2D eigenvalue weighted by Crippen LogP contribution is -2.52. The Morgan fingerprint density at radius 3 is 2.34 bits per heavy atom. The van der Waals surface area contributed by atoms with Crippen LogP contribution in [-0.2, 0) is 16.1 Å². The molecule has 1 saturated carbocycles. The van der Waals surface area contributed by atoms with Crippen molar-refractivity contribution >= 4 is 81.7 Å². The van der Waals surface area contributed by atoms with Crippen molar-refractivity contribution in [3.05, 3.63) is 74.3 Å². The van der Waals surface area contributed by atoms with E-state index in [4.69, 9.17) is 21.6 Å². The summed E-state index contributed by atoms with van der Waals surface area (Å²) in [4.78, 5) is 86.3. The molecule has 4 aromatic rings. The van der Waals surface area contributed by atoms with Crippen LogP contribution in [0.2, 0.25) is 5.02 Å². The van der Waals surface area contributed by atoms with Crippen molar-refractivity contribution in [2.24, 2.45) is 5.92 Å². The number of ketones is 1. The molecular formula is C44H52Cl2N10O5. The number of aryl methyl sites for hydroxylation is 1. The molecule has 9 rings (SSSR count). The van der Waals surface area contributed by atoms with Gasteiger partial charge in [0.1, 0.15) is 17.5 Å². The molecule has 15 nitrogen and oxygen atoms in total. The minimum Gasteiger partial charge on any atom is -0.370 e. The Morgan fingerprint density at radius 2 is 1.66 bits per heavy atom. The molecule has 2 N–H and O–H groups in total. The lowest BCUT2D eigenvalue weighted by Gasteiger charge is -2.38. The van der Waals surface area contributed by atoms with E-state index in [0.29, 0.717) is 51.3 Å². The van der Waals surface area contributed by atoms with Gasteiger partial charge in [0, 0.05) is 81.0 Å². The lowest BCUT2D eigenvalue weighted by atomic mass is 9.93. The van der Waals surface area contributed by atoms with Crippen LogP contribution in [0.25, 0.3) is 11.0 Å². The summed E-state index contributed by atoms with van der Waals surface area (Å²) >= 11 is 6.95. The number of imide groups is 1. The molecule has 61 heavy (non-hydrogen) atoms. The number of nitrogens with one attached hydrogen (secondary N) is 2. The van der Waals surface area contributed by atoms with Gasteiger partial charge >= 0.3 is 0 Å². The molecule has 4 aliphatic heterocycles. The summed E-state index contributed by atoms with van der Waals surface area (Å²) in [5.41, 5.74) is 4.42. The minimum atomic E-state index is -0.662. The van der Waals surface area contributed by atoms with Crippen molar-refractivity contribution in [1.82, 2.24) is 34.6 Å². The van der Waals surface area contributed by atoms with Crippen LogP contribution in [-0.4, -0.2) is 105 Å². The van der Waals surface area contributed by atoms with E-state index in [2.05, 4.69) is 36.4 Å². The van der Waals surface area contributed by atoms with Crippen LogP contribution in [0.1, 0.15) is 103 Å². The smallest absolute Gasteiger partial charge is 0.263 e. The highest BCUT2D eigenvalue weighted by Crippen LogP contribution is 2.39. The second-order valence-corrected chi connectivity index (χ2v) is 17.4. The largest absolute Gasteiger partial charge is 0.370 e. The number of hydrogen-bond acceptors (Lipinski definition) is 12. The van der Waals surface area contributed by atoms with Crippen LogP contribution in [0.5, 0.6) is 0 Å². The standard InChI is InChI=1S/C44H51ClN10O5.ClH/c1-26-32-24-47-44(50-40(32)55(29-5-3-4-6-29)43(60)38(26)27(2)56)48-36-11-7-30(23-46-36)52-17-14-28(15-18-52)13-16-51-19-21-53(22-20-51)34-9-8-31-33(39(34)45)25-54(42(31)59)35-10-12-37(57)49-41(35)58;/h7-9,11,23-24,28-29,35H,3-6,10,12-22,25H2,1-2H3,(H,49,57,58)(H,46,47,48,50);1H. The number of aromatic nitrogens is 4. The number of pyridine rings is 2. The van der Waals surface area contributed by atoms with Crippen molar-refractivity contribution in [1.29, 1.82) is 0 Å². The Labute approximate surface area is 365 Å². The van der Waals surface area contributed by atoms with Gasteiger partial charge in [0.25, 0.3) is 11.5 Å². The Morgan fingerprint density at radius 1 is 0.902 bits per heavy atom. The van der Waals surface area contributed by atoms with E-state index < -0.39 is 11.9 Å². The molecule has 5 aliphatic rings. The van der Waals surface area contributed by atoms with E-state index in [0.717, 1.165) is 108 Å². The first-order valence-electron chi connectivity index (χ1n) is 21.4. The van der Waals surface area contributed by atoms with Crippen LogP contribution in [0.3, 0.4) is 0 Å². The number of piperidine rings is 2. The minimum absolute atomic E-state index is 0. The number of Topliss-reactive ketones (excluding diaryl/α,β-unsaturated/α-hetero) is 1. The summed E-state index contributed by atoms with van der Waals surface area (Å²) in [6.45, 7) is 10.1. The van der Waals surface area contributed by atoms with Crippen molar-refractivity contribution in [3.63, 3.8) is 0 Å². The van der Waals surface area contributed by atoms with Crippen molar-refractivity contribution in [3.8, 4) is 0 Å². The predicted octanol–water partition coefficient (Wildman–Crippen LogP) is 5.82. The maximum atomic E-state index is 13.6. The number of nitrogens with zero attached hydrogens (tertiary/aromatic N) is 8. The quantitative estimate of drug-likeness (QED) is 0.145. The molecule has 3 aromatic heterocycles. The summed E-state index contributed by atoms with van der Waals surface area (Å²) in [6, 6.07) is 7.13. The molecule has 1 atom stereocenters. The van der Waals surface area contributed by atoms with Gasteiger partial charge in [0.15, 0.2) is 5.78 Å². The van der Waals surface area contributed by atoms with E-state index in [-0.39, 0.29) is 60.1 Å². The number of amides is 3. The van der Waals surface area contributed by atoms with Crippen molar-refractivity contribution in [2.45, 2.75) is 90.3 Å². The van der Waals surface area contributed by atoms with E-state index in [1.165, 1.54) is 6.92 Å². The van der Waals surface area contributed by atoms with Gasteiger partial charge in [-0.25, -0.2) is 9.97 Å². The number of hydrogen-bond donors (Lipinski definition) is 2. The average Bonchev–Trinajstić information content (AvgIpc) is 3.89. The Hall–Kier alpha value is -5.12. The average molecular weight is 872 g/mol. The highest BCUT2D eigenvalue weighted by atomic mass is 35.5. The summed E-state index contributed by atoms with van der Waals surface area (Å²) < 4.78 is 1.72. The summed E-state index contributed by atoms with van der Waals surface area (Å²) in [5, 5.41) is 6.88. The van der Waals surface area contributed by atoms with Crippen LogP contribution in [0, 0.1) is 12.8 Å². The number of halogens is 2. The molecule has 3 amide bonds. The normalized spacial score (nSPS) is 20.3. The second kappa shape index (κ2) is 17.7. The molecule has 4 fully saturated rings. The van der Waals surface area contributed by atoms with Gasteiger partial charge in [0.05, 0.1) is 28.2 Å². The number of fused-ring (bicyclic) bond motifs is 2. The topological polar surface area (TPSA) is 166 Å². The van der Waals surface area contributed by atoms with Gasteiger partial charge < -0.3 is 20.0 Å². The number of carbonyl (C=O) groups is 4. The molecule has 1 aliphatic carbocycles. The van der Waals surface area contributed by atoms with E-state index in [1.807, 2.05) is 24.4 Å². The molecule has 322 valence electrons. The number of carbonyl (C=O) groups excluding carboxylic acids is 4. The third-order valence-electron chi connectivity index (χ3n) is 13.4. The van der Waals surface area contributed by atoms with Crippen LogP contribution >= 0.6 is 24.0 Å². The third kappa shape index (κ3) is 8.31. The van der Waals surface area contributed by atoms with Gasteiger partial charge in [0.2, 0.25) is 17.8 Å². The van der Waals surface area contributed by atoms with Crippen molar-refractivity contribution < 1.29 is 19.2 Å². The van der Waals surface area contributed by atoms with Gasteiger partial charge in [-0.05, 0) is 94.7 Å². The molecule has 0 radical (unpaired) electrons. The molecule has 7 heterocycles. The summed E-state index contributed by atoms with van der Waals surface area (Å²) in [6.07, 6.45) is 11.4. The zero-order chi connectivity index (χ0) is 41.7. The highest BCUT2D eigenvalue weighted by Gasteiger charge is 2.40. The van der Waals surface area contributed by atoms with Gasteiger partial charge in [-0.2, -0.15) is 4.98 Å². The third-order valence-corrected chi connectivity index (χ3v) is 13.8. The molecule has 1 unspecified atom stereocenters. The SMILES string of the molecule is CC(=O)c1c(C)c2cnc(Nc3ccc(N4CCC(CCN5CCN(c6ccc7c(c6Cl)CN(C6CCC(=O)NC6=O)C7=O)CC5)CC4)cn3)nc2n(C2CCCC2)c1=O.Cl. The fourth-order valence-electron chi connectivity index (χ4n) is 9.96. The molecule has 1 aromatic carbocycles. The predicted molar refractivity (Wildman–Crippen MR) is 237 cm³/mol. The maximum absolute atomic E-state index is 13.6. The number of rotatable bonds is 10. The fraction of sp³-hybridized carbons (Fsp3) is 0.500. The van der Waals surface area contributed by atoms with Crippen LogP contribution < -0.4 is 26.0 Å². The number of benzene rings is 1. The summed E-state index contributed by atoms with van der Waals surface area (Å²) in [7, 11) is 0. The zero-order valence-corrected chi connectivity index (χ0v) is 36.2. The van der Waals surface area contributed by atoms with Gasteiger partial charge in [-0.3, -0.25) is 38.8 Å². The van der Waals surface area contributed by atoms with E-state index >= 15 is 0 Å². The molecule has 3 saturated heterocycles. The number of piperazine rings is 1. The summed E-state index contributed by atoms with van der Waals surface area (Å²) in [5.74, 6) is 0.456. The van der Waals surface area contributed by atoms with Gasteiger partial charge in [-0.15, -0.1) is 12.4 Å². The Bertz CT molecular complexity index is 2420. The first-order valence-corrected chi connectivity index (χ1v) is 21.8. The van der Waals surface area contributed by atoms with Crippen LogP contribution in [0.15, 0.2) is 41.5 Å². The first kappa shape index (κ1) is 42.6. The monoisotopic (exact) mass is 870 g/mol. The Kier molecular flexibility index (Phi) is 12.3. The van der Waals surface area contributed by atoms with E-state index in [1.54, 1.807) is 22.6 Å². The van der Waals surface area contributed by atoms with Crippen molar-refractivity contribution in [2.75, 3.05) is 60.9 Å². The lowest BCUT2D eigenvalue weighted by molar-refractivity contribution is -0.136. The molecule has 0 spiro atoms. The number of anilines is 4. The second-order valence-electron chi connectivity index (χ2n) is 17.0. The molecule has 17 heteroatoms. The van der Waals surface area contributed by atoms with Crippen LogP contribution in [0.4, 0.5) is 23.1 Å². The Balaban J connectivity index is 0.00000514. The van der Waals surface area contributed by atoms with E-state index in [9.17, 15) is 24.0 Å².